The fraction of sp³-hybridized carbons (Fsp3) is 0.375. The Morgan fingerprint density at radius 3 is 2.55 bits per heavy atom. The van der Waals surface area contributed by atoms with Gasteiger partial charge in [-0.1, -0.05) is 48.5 Å². The third-order valence-electron chi connectivity index (χ3n) is 7.52. The van der Waals surface area contributed by atoms with Gasteiger partial charge in [-0.15, -0.1) is 0 Å². The lowest BCUT2D eigenvalue weighted by Crippen LogP contribution is -2.31. The highest BCUT2D eigenvalue weighted by atomic mass is 32.2. The molecule has 1 aliphatic heterocycles. The third kappa shape index (κ3) is 2.91. The molecule has 3 atom stereocenters. The second kappa shape index (κ2) is 6.51. The van der Waals surface area contributed by atoms with Crippen LogP contribution in [-0.4, -0.2) is 42.0 Å². The van der Waals surface area contributed by atoms with Crippen LogP contribution >= 0.6 is 0 Å². The largest absolute Gasteiger partial charge is 0.339 e. The number of aryl methyl sites for hydroxylation is 1. The van der Waals surface area contributed by atoms with E-state index in [1.54, 1.807) is 11.6 Å². The van der Waals surface area contributed by atoms with Gasteiger partial charge < -0.3 is 4.57 Å². The van der Waals surface area contributed by atoms with Crippen LogP contribution in [0.1, 0.15) is 28.2 Å². The van der Waals surface area contributed by atoms with E-state index >= 15 is 0 Å². The summed E-state index contributed by atoms with van der Waals surface area (Å²) in [5, 5.41) is 0.0539. The van der Waals surface area contributed by atoms with E-state index in [2.05, 4.69) is 70.2 Å². The van der Waals surface area contributed by atoms with Gasteiger partial charge in [-0.25, -0.2) is 18.1 Å². The summed E-state index contributed by atoms with van der Waals surface area (Å²) in [7, 11) is 0.360. The van der Waals surface area contributed by atoms with Crippen LogP contribution in [0.2, 0.25) is 0 Å². The van der Waals surface area contributed by atoms with Crippen molar-refractivity contribution in [2.24, 2.45) is 12.5 Å². The number of rotatable bonds is 6. The molecule has 3 aliphatic rings. The lowest BCUT2D eigenvalue weighted by Gasteiger charge is -2.29. The maximum absolute atomic E-state index is 12.6. The molecule has 160 valence electrons. The Balaban J connectivity index is 1.26. The molecule has 7 heteroatoms. The fourth-order valence-electron chi connectivity index (χ4n) is 5.97. The number of fused-ring (bicyclic) bond motifs is 4. The monoisotopic (exact) mass is 434 g/mol. The molecule has 6 rings (SSSR count). The van der Waals surface area contributed by atoms with Crippen molar-refractivity contribution in [1.82, 2.24) is 19.2 Å². The van der Waals surface area contributed by atoms with E-state index in [-0.39, 0.29) is 11.6 Å². The highest BCUT2D eigenvalue weighted by Gasteiger charge is 2.84. The van der Waals surface area contributed by atoms with Gasteiger partial charge in [0.2, 0.25) is 0 Å². The van der Waals surface area contributed by atoms with Crippen molar-refractivity contribution < 1.29 is 8.42 Å². The second-order valence-corrected chi connectivity index (χ2v) is 11.0. The molecule has 1 saturated heterocycles. The van der Waals surface area contributed by atoms with Gasteiger partial charge in [0.15, 0.2) is 5.03 Å². The number of likely N-dealkylation sites (N-methyl/N-ethyl adjacent to an activating group) is 1. The third-order valence-corrected chi connectivity index (χ3v) is 8.80. The number of likely N-dealkylation sites (tertiary alicyclic amines) is 1. The average molecular weight is 435 g/mol. The van der Waals surface area contributed by atoms with Crippen molar-refractivity contribution in [3.05, 3.63) is 83.3 Å². The maximum Gasteiger partial charge on any atom is 0.259 e. The van der Waals surface area contributed by atoms with Crippen molar-refractivity contribution >= 4 is 10.0 Å². The summed E-state index contributed by atoms with van der Waals surface area (Å²) in [5.41, 5.74) is 5.57. The number of imidazole rings is 1. The smallest absolute Gasteiger partial charge is 0.259 e. The molecule has 2 heterocycles. The summed E-state index contributed by atoms with van der Waals surface area (Å²) in [4.78, 5) is 6.45. The molecule has 1 saturated carbocycles. The van der Waals surface area contributed by atoms with Gasteiger partial charge in [-0.3, -0.25) is 4.90 Å². The lowest BCUT2D eigenvalue weighted by molar-refractivity contribution is 0.226. The van der Waals surface area contributed by atoms with E-state index in [0.717, 1.165) is 18.4 Å². The highest BCUT2D eigenvalue weighted by Crippen LogP contribution is 2.76. The lowest BCUT2D eigenvalue weighted by atomic mass is 9.81. The van der Waals surface area contributed by atoms with E-state index in [1.807, 2.05) is 0 Å². The van der Waals surface area contributed by atoms with E-state index in [4.69, 9.17) is 0 Å². The van der Waals surface area contributed by atoms with Crippen LogP contribution in [-0.2, 0) is 36.5 Å². The van der Waals surface area contributed by atoms with Crippen LogP contribution in [0.5, 0.6) is 0 Å². The summed E-state index contributed by atoms with van der Waals surface area (Å²) in [6.07, 6.45) is 5.19. The summed E-state index contributed by atoms with van der Waals surface area (Å²) < 4.78 is 29.5. The Morgan fingerprint density at radius 1 is 1.10 bits per heavy atom. The molecule has 6 nitrogen and oxygen atoms in total. The molecule has 1 N–H and O–H groups in total. The van der Waals surface area contributed by atoms with Crippen molar-refractivity contribution in [2.45, 2.75) is 42.4 Å². The summed E-state index contributed by atoms with van der Waals surface area (Å²) in [5.74, 6) is 0.489. The zero-order valence-corrected chi connectivity index (χ0v) is 18.5. The number of nitrogens with zero attached hydrogens (tertiary/aromatic N) is 3. The van der Waals surface area contributed by atoms with Crippen molar-refractivity contribution in [1.29, 1.82) is 0 Å². The first-order valence-corrected chi connectivity index (χ1v) is 12.2. The number of nitrogens with one attached hydrogen (secondary N) is 1. The number of sulfonamides is 1. The predicted molar refractivity (Wildman–Crippen MR) is 118 cm³/mol. The Hall–Kier alpha value is -2.48. The van der Waals surface area contributed by atoms with E-state index in [9.17, 15) is 8.42 Å². The minimum atomic E-state index is -3.62. The normalized spacial score (nSPS) is 30.3. The van der Waals surface area contributed by atoms with Gasteiger partial charge in [0.05, 0.1) is 6.33 Å². The van der Waals surface area contributed by atoms with Crippen LogP contribution in [0.3, 0.4) is 0 Å². The SMILES string of the molecule is CN1C2C1C21Cc2ccc(CNS(=O)(=O)c3cn(C)cn3)cc2C1Cc1ccccc1. The molecule has 0 amide bonds. The Morgan fingerprint density at radius 2 is 1.87 bits per heavy atom. The molecule has 1 spiro atoms. The molecule has 0 radical (unpaired) electrons. The predicted octanol–water partition coefficient (Wildman–Crippen LogP) is 2.46. The standard InChI is InChI=1S/C24H26N4O2S/c1-27-14-21(25-15-27)31(29,30)26-13-17-8-9-18-12-24(22-23(24)28(22)2)20(19(18)10-17)11-16-6-4-3-5-7-16/h3-10,14-15,20,22-23,26H,11-13H2,1-2H3. The van der Waals surface area contributed by atoms with Gasteiger partial charge in [-0.05, 0) is 48.1 Å². The molecule has 0 bridgehead atoms. The Kier molecular flexibility index (Phi) is 4.04. The minimum absolute atomic E-state index is 0.0539. The number of benzene rings is 2. The molecule has 31 heavy (non-hydrogen) atoms. The zero-order chi connectivity index (χ0) is 21.4. The van der Waals surface area contributed by atoms with Crippen LogP contribution in [0, 0.1) is 5.41 Å². The fourth-order valence-corrected chi connectivity index (χ4v) is 6.96. The quantitative estimate of drug-likeness (QED) is 0.606. The first-order chi connectivity index (χ1) is 14.9. The minimum Gasteiger partial charge on any atom is -0.339 e. The van der Waals surface area contributed by atoms with E-state index in [0.29, 0.717) is 23.4 Å². The number of hydrogen-bond acceptors (Lipinski definition) is 4. The first-order valence-electron chi connectivity index (χ1n) is 10.8. The molecule has 3 unspecified atom stereocenters. The molecule has 2 aromatic carbocycles. The van der Waals surface area contributed by atoms with Gasteiger partial charge in [-0.2, -0.15) is 0 Å². The molecular formula is C24H26N4O2S. The first kappa shape index (κ1) is 19.2. The summed E-state index contributed by atoms with van der Waals surface area (Å²) in [6.45, 7) is 0.268. The summed E-state index contributed by atoms with van der Waals surface area (Å²) >= 11 is 0. The van der Waals surface area contributed by atoms with Crippen LogP contribution in [0.25, 0.3) is 0 Å². The van der Waals surface area contributed by atoms with Gasteiger partial charge in [0.25, 0.3) is 10.0 Å². The van der Waals surface area contributed by atoms with Crippen LogP contribution < -0.4 is 4.72 Å². The maximum atomic E-state index is 12.6. The topological polar surface area (TPSA) is 67.0 Å². The molecule has 1 aromatic heterocycles. The van der Waals surface area contributed by atoms with Gasteiger partial charge in [0.1, 0.15) is 0 Å². The summed E-state index contributed by atoms with van der Waals surface area (Å²) in [6, 6.07) is 18.6. The average Bonchev–Trinajstić information content (AvgIpc) is 3.51. The molecule has 2 fully saturated rings. The van der Waals surface area contributed by atoms with Crippen LogP contribution in [0.15, 0.2) is 66.1 Å². The Bertz CT molecular complexity index is 1260. The zero-order valence-electron chi connectivity index (χ0n) is 17.7. The van der Waals surface area contributed by atoms with Gasteiger partial charge >= 0.3 is 0 Å². The van der Waals surface area contributed by atoms with Crippen LogP contribution in [0.4, 0.5) is 0 Å². The number of hydrogen-bond donors (Lipinski definition) is 1. The van der Waals surface area contributed by atoms with E-state index < -0.39 is 10.0 Å². The highest BCUT2D eigenvalue weighted by molar-refractivity contribution is 7.89. The number of aromatic nitrogens is 2. The van der Waals surface area contributed by atoms with Crippen molar-refractivity contribution in [3.63, 3.8) is 0 Å². The molecular weight excluding hydrogens is 408 g/mol. The second-order valence-electron chi connectivity index (χ2n) is 9.32. The van der Waals surface area contributed by atoms with E-state index in [1.165, 1.54) is 29.2 Å². The van der Waals surface area contributed by atoms with Gasteiger partial charge in [0, 0.05) is 37.3 Å². The Labute approximate surface area is 183 Å². The van der Waals surface area contributed by atoms with Crippen molar-refractivity contribution in [2.75, 3.05) is 7.05 Å². The molecule has 2 aliphatic carbocycles. The van der Waals surface area contributed by atoms with Crippen molar-refractivity contribution in [3.8, 4) is 0 Å². The molecule has 3 aromatic rings.